The zero-order valence-corrected chi connectivity index (χ0v) is 29.0. The molecule has 0 radical (unpaired) electrons. The molecule has 7 rings (SSSR count). The van der Waals surface area contributed by atoms with Gasteiger partial charge >= 0.3 is 6.85 Å². The maximum absolute atomic E-state index is 5.95. The number of benzene rings is 6. The molecular weight excluding hydrogens is 586 g/mol. The van der Waals surface area contributed by atoms with Gasteiger partial charge in [-0.2, -0.15) is 5.10 Å². The molecule has 230 valence electrons. The van der Waals surface area contributed by atoms with Crippen molar-refractivity contribution in [2.24, 2.45) is 5.10 Å². The van der Waals surface area contributed by atoms with Crippen LogP contribution in [0.5, 0.6) is 0 Å². The van der Waals surface area contributed by atoms with E-state index in [1.165, 1.54) is 77.2 Å². The smallest absolute Gasteiger partial charge is 0.300 e. The molecule has 0 bridgehead atoms. The van der Waals surface area contributed by atoms with Gasteiger partial charge in [0.25, 0.3) is 0 Å². The molecule has 47 heavy (non-hydrogen) atoms. The second-order valence-electron chi connectivity index (χ2n) is 12.9. The quantitative estimate of drug-likeness (QED) is 0.0986. The molecule has 0 fully saturated rings. The largest absolute Gasteiger partial charge is 0.349 e. The van der Waals surface area contributed by atoms with Crippen LogP contribution in [0.2, 0.25) is 0 Å². The molecule has 0 saturated heterocycles. The Bertz CT molecular complexity index is 1930. The predicted octanol–water partition coefficient (Wildman–Crippen LogP) is 8.43. The van der Waals surface area contributed by atoms with E-state index in [0.29, 0.717) is 0 Å². The van der Waals surface area contributed by atoms with E-state index < -0.39 is 8.07 Å². The lowest BCUT2D eigenvalue weighted by molar-refractivity contribution is 0.760. The molecular formula is C43H40BN2P. The van der Waals surface area contributed by atoms with Crippen LogP contribution in [0.1, 0.15) is 44.5 Å². The van der Waals surface area contributed by atoms with Crippen LogP contribution in [0.4, 0.5) is 0 Å². The fourth-order valence-corrected chi connectivity index (χ4v) is 9.89. The van der Waals surface area contributed by atoms with Gasteiger partial charge in [0.2, 0.25) is 0 Å². The van der Waals surface area contributed by atoms with Crippen LogP contribution in [-0.2, 0) is 0 Å². The average Bonchev–Trinajstić information content (AvgIpc) is 3.37. The first-order chi connectivity index (χ1) is 22.8. The van der Waals surface area contributed by atoms with Crippen molar-refractivity contribution in [1.82, 2.24) is 4.69 Å². The summed E-state index contributed by atoms with van der Waals surface area (Å²) in [7, 11) is -1.11. The third-order valence-corrected chi connectivity index (χ3v) is 11.6. The first-order valence-electron chi connectivity index (χ1n) is 16.4. The molecule has 0 aromatic heterocycles. The van der Waals surface area contributed by atoms with Crippen molar-refractivity contribution in [3.8, 4) is 11.1 Å². The Hall–Kier alpha value is -4.72. The summed E-state index contributed by atoms with van der Waals surface area (Å²) in [6, 6.07) is 48.9. The van der Waals surface area contributed by atoms with Crippen LogP contribution in [0, 0.1) is 41.5 Å². The second-order valence-corrected chi connectivity index (χ2v) is 14.9. The molecule has 0 amide bonds. The number of rotatable bonds is 7. The fraction of sp³-hybridized carbons (Fsp3) is 0.140. The lowest BCUT2D eigenvalue weighted by atomic mass is 9.47. The minimum absolute atomic E-state index is 0.129. The van der Waals surface area contributed by atoms with E-state index in [1.54, 1.807) is 0 Å². The van der Waals surface area contributed by atoms with Crippen molar-refractivity contribution < 1.29 is 0 Å². The Labute approximate surface area is 281 Å². The number of hydrogen-bond acceptors (Lipinski definition) is 2. The first kappa shape index (κ1) is 30.9. The van der Waals surface area contributed by atoms with E-state index in [-0.39, 0.29) is 6.85 Å². The summed E-state index contributed by atoms with van der Waals surface area (Å²) < 4.78 is 2.50. The highest BCUT2D eigenvalue weighted by Crippen LogP contribution is 2.43. The van der Waals surface area contributed by atoms with Gasteiger partial charge < -0.3 is 0 Å². The normalized spacial score (nSPS) is 11.8. The molecule has 2 nitrogen and oxygen atoms in total. The van der Waals surface area contributed by atoms with E-state index in [0.717, 1.165) is 5.71 Å². The average molecular weight is 627 g/mol. The number of nitrogens with zero attached hydrogens (tertiary/aromatic N) is 2. The molecule has 0 spiro atoms. The highest BCUT2D eigenvalue weighted by molar-refractivity contribution is 7.72. The molecule has 4 heteroatoms. The fourth-order valence-electron chi connectivity index (χ4n) is 7.57. The summed E-state index contributed by atoms with van der Waals surface area (Å²) in [5, 5.41) is 8.49. The summed E-state index contributed by atoms with van der Waals surface area (Å²) in [4.78, 5) is 0. The second kappa shape index (κ2) is 12.8. The Morgan fingerprint density at radius 2 is 0.787 bits per heavy atom. The highest BCUT2D eigenvalue weighted by Gasteiger charge is 2.39. The standard InChI is InChI=1S/C43H40BN2P/c1-29-25-31(3)41(32(4)26-29)44(42-33(5)27-30(2)28-34(42)6)46(47(35-17-9-7-10-18-35)36-19-11-8-12-20-36)45-43-39-23-15-13-21-37(39)38-22-14-16-24-40(38)43/h7-28H,1-6H3. The number of hydrazone groups is 1. The van der Waals surface area contributed by atoms with Crippen LogP contribution < -0.4 is 21.5 Å². The zero-order chi connectivity index (χ0) is 32.7. The molecule has 1 aliphatic rings. The molecule has 0 atom stereocenters. The van der Waals surface area contributed by atoms with Crippen LogP contribution in [0.15, 0.2) is 139 Å². The van der Waals surface area contributed by atoms with Crippen molar-refractivity contribution in [2.75, 3.05) is 0 Å². The summed E-state index contributed by atoms with van der Waals surface area (Å²) in [5.41, 5.74) is 16.3. The van der Waals surface area contributed by atoms with E-state index in [1.807, 2.05) is 0 Å². The van der Waals surface area contributed by atoms with Gasteiger partial charge in [0, 0.05) is 21.7 Å². The summed E-state index contributed by atoms with van der Waals surface area (Å²) in [5.74, 6) is 0. The van der Waals surface area contributed by atoms with Gasteiger partial charge in [-0.05, 0) is 63.6 Å². The van der Waals surface area contributed by atoms with Crippen LogP contribution in [0.25, 0.3) is 11.1 Å². The minimum atomic E-state index is -1.11. The molecule has 0 saturated carbocycles. The summed E-state index contributed by atoms with van der Waals surface area (Å²) in [6.45, 7) is 13.4. The van der Waals surface area contributed by atoms with Crippen LogP contribution >= 0.6 is 8.07 Å². The third-order valence-electron chi connectivity index (χ3n) is 9.32. The molecule has 6 aromatic rings. The Morgan fingerprint density at radius 3 is 1.17 bits per heavy atom. The lowest BCUT2D eigenvalue weighted by Gasteiger charge is -2.38. The Kier molecular flexibility index (Phi) is 8.43. The van der Waals surface area contributed by atoms with Crippen molar-refractivity contribution in [2.45, 2.75) is 41.5 Å². The van der Waals surface area contributed by atoms with Crippen molar-refractivity contribution in [3.63, 3.8) is 0 Å². The third kappa shape index (κ3) is 5.75. The topological polar surface area (TPSA) is 15.6 Å². The van der Waals surface area contributed by atoms with E-state index in [4.69, 9.17) is 5.10 Å². The zero-order valence-electron chi connectivity index (χ0n) is 28.1. The molecule has 6 aromatic carbocycles. The van der Waals surface area contributed by atoms with E-state index >= 15 is 0 Å². The van der Waals surface area contributed by atoms with E-state index in [9.17, 15) is 0 Å². The van der Waals surface area contributed by atoms with Gasteiger partial charge in [-0.25, -0.2) is 0 Å². The number of fused-ring (bicyclic) bond motifs is 3. The van der Waals surface area contributed by atoms with Crippen molar-refractivity contribution in [3.05, 3.63) is 178 Å². The lowest BCUT2D eigenvalue weighted by Crippen LogP contribution is -2.57. The van der Waals surface area contributed by atoms with E-state index in [2.05, 4.69) is 180 Å². The van der Waals surface area contributed by atoms with Crippen LogP contribution in [0.3, 0.4) is 0 Å². The molecule has 0 aliphatic heterocycles. The molecule has 0 unspecified atom stereocenters. The first-order valence-corrected chi connectivity index (χ1v) is 17.7. The number of aryl methyl sites for hydroxylation is 6. The van der Waals surface area contributed by atoms with Gasteiger partial charge in [-0.15, -0.1) is 0 Å². The number of hydrogen-bond donors (Lipinski definition) is 0. The molecule has 0 heterocycles. The molecule has 0 N–H and O–H groups in total. The Balaban J connectivity index is 1.62. The van der Waals surface area contributed by atoms with Gasteiger partial charge in [0.1, 0.15) is 0 Å². The van der Waals surface area contributed by atoms with Gasteiger partial charge in [-0.3, -0.25) is 4.69 Å². The summed E-state index contributed by atoms with van der Waals surface area (Å²) in [6.07, 6.45) is 0. The predicted molar refractivity (Wildman–Crippen MR) is 205 cm³/mol. The van der Waals surface area contributed by atoms with Gasteiger partial charge in [0.15, 0.2) is 0 Å². The summed E-state index contributed by atoms with van der Waals surface area (Å²) >= 11 is 0. The van der Waals surface area contributed by atoms with Gasteiger partial charge in [-0.1, -0.05) is 167 Å². The maximum atomic E-state index is 5.95. The monoisotopic (exact) mass is 626 g/mol. The highest BCUT2D eigenvalue weighted by atomic mass is 31.1. The minimum Gasteiger partial charge on any atom is -0.300 e. The van der Waals surface area contributed by atoms with Gasteiger partial charge in [0.05, 0.1) is 13.8 Å². The van der Waals surface area contributed by atoms with Crippen LogP contribution in [-0.4, -0.2) is 17.2 Å². The van der Waals surface area contributed by atoms with Crippen molar-refractivity contribution >= 4 is 42.2 Å². The van der Waals surface area contributed by atoms with Crippen molar-refractivity contribution in [1.29, 1.82) is 0 Å². The Morgan fingerprint density at radius 1 is 0.447 bits per heavy atom. The maximum Gasteiger partial charge on any atom is 0.349 e. The SMILES string of the molecule is Cc1cc(C)c(B(c2c(C)cc(C)cc2C)N(N=C2c3ccccc3-c3ccccc32)P(c2ccccc2)c2ccccc2)c(C)c1. The molecule has 1 aliphatic carbocycles.